The molecule has 2 saturated carbocycles. The molecule has 0 amide bonds. The van der Waals surface area contributed by atoms with Crippen molar-refractivity contribution in [2.45, 2.75) is 70.6 Å². The van der Waals surface area contributed by atoms with Crippen molar-refractivity contribution < 1.29 is 13.6 Å². The van der Waals surface area contributed by atoms with E-state index in [0.717, 1.165) is 44.8 Å². The zero-order valence-electron chi connectivity index (χ0n) is 31.4. The molecule has 0 bridgehead atoms. The van der Waals surface area contributed by atoms with E-state index in [2.05, 4.69) is 62.0 Å². The normalized spacial score (nSPS) is 13.8. The number of aryl methyl sites for hydroxylation is 2. The second-order valence-electron chi connectivity index (χ2n) is 14.9. The summed E-state index contributed by atoms with van der Waals surface area (Å²) in [6.45, 7) is 3.72. The Hall–Kier alpha value is -6.63. The van der Waals surface area contributed by atoms with Crippen molar-refractivity contribution >= 4 is 27.9 Å². The molecule has 8 aromatic heterocycles. The zero-order valence-corrected chi connectivity index (χ0v) is 31.4. The number of carbonyl (C=O) groups is 1. The Kier molecular flexibility index (Phi) is 9.57. The fraction of sp³-hybridized carbons (Fsp3) is 0.250. The Balaban J connectivity index is 0.000000148. The number of halogens is 2. The van der Waals surface area contributed by atoms with Gasteiger partial charge in [-0.1, -0.05) is 18.2 Å². The van der Waals surface area contributed by atoms with Gasteiger partial charge in [0.2, 0.25) is 11.9 Å². The molecule has 0 spiro atoms. The third-order valence-corrected chi connectivity index (χ3v) is 10.6. The number of nitrogens with one attached hydrogen (secondary N) is 2. The molecule has 284 valence electrons. The molecule has 0 aliphatic heterocycles. The molecule has 0 aromatic carbocycles. The van der Waals surface area contributed by atoms with Gasteiger partial charge in [-0.05, 0) is 86.6 Å². The SMILES string of the molecule is Cc1ncnc2[nH]cc(C(=O)c3ccc(Cc4ccc(C5CC5)nc4)nc3F)c12.Cc1ncnc2[nH]cc(Cc3ccc(Cc4ccc(C5CC5)nc4)nc3F)c12. The standard InChI is InChI=1S/C22H18FN5O.C22H20FN5/c1-12-19-17(10-25-22(19)27-11-26-12)20(29)16-6-5-15(28-21(16)23)8-13-2-7-18(24-9-13)14-3-4-14;1-13-20-17(11-25-22(20)27-12-26-13)9-16-5-6-18(28-21(16)23)8-14-2-7-19(24-10-14)15-3-4-15/h2,5-7,9-11,14H,3-4,8H2,1H3,(H,25,26,27);2,5-7,10-12,15H,3-4,8-9H2,1H3,(H,25,26,27). The number of nitrogens with zero attached hydrogens (tertiary/aromatic N) is 8. The third-order valence-electron chi connectivity index (χ3n) is 10.6. The van der Waals surface area contributed by atoms with Gasteiger partial charge in [-0.2, -0.15) is 8.78 Å². The van der Waals surface area contributed by atoms with E-state index in [0.29, 0.717) is 70.3 Å². The molecular formula is C44H38F2N10O. The summed E-state index contributed by atoms with van der Waals surface area (Å²) >= 11 is 0. The van der Waals surface area contributed by atoms with Crippen molar-refractivity contribution in [3.8, 4) is 0 Å². The van der Waals surface area contributed by atoms with Gasteiger partial charge >= 0.3 is 0 Å². The van der Waals surface area contributed by atoms with Crippen LogP contribution in [0, 0.1) is 25.7 Å². The van der Waals surface area contributed by atoms with E-state index in [4.69, 9.17) is 0 Å². The number of hydrogen-bond donors (Lipinski definition) is 2. The highest BCUT2D eigenvalue weighted by atomic mass is 19.1. The molecule has 2 fully saturated rings. The minimum atomic E-state index is -0.779. The highest BCUT2D eigenvalue weighted by Gasteiger charge is 2.26. The summed E-state index contributed by atoms with van der Waals surface area (Å²) in [6, 6.07) is 15.1. The van der Waals surface area contributed by atoms with E-state index in [1.807, 2.05) is 49.8 Å². The highest BCUT2D eigenvalue weighted by Crippen LogP contribution is 2.39. The molecule has 2 N–H and O–H groups in total. The minimum Gasteiger partial charge on any atom is -0.346 e. The molecule has 2 aliphatic rings. The van der Waals surface area contributed by atoms with Crippen LogP contribution in [-0.2, 0) is 19.3 Å². The summed E-state index contributed by atoms with van der Waals surface area (Å²) in [5.74, 6) is -0.408. The fourth-order valence-electron chi connectivity index (χ4n) is 7.19. The topological polar surface area (TPSA) is 152 Å². The van der Waals surface area contributed by atoms with Gasteiger partial charge in [-0.25, -0.2) is 29.9 Å². The lowest BCUT2D eigenvalue weighted by molar-refractivity contribution is 0.103. The van der Waals surface area contributed by atoms with Gasteiger partial charge in [-0.3, -0.25) is 14.8 Å². The summed E-state index contributed by atoms with van der Waals surface area (Å²) in [4.78, 5) is 52.9. The number of aromatic nitrogens is 10. The average molecular weight is 761 g/mol. The number of hydrogen-bond acceptors (Lipinski definition) is 9. The Morgan fingerprint density at radius 1 is 0.596 bits per heavy atom. The smallest absolute Gasteiger partial charge is 0.224 e. The Morgan fingerprint density at radius 2 is 1.16 bits per heavy atom. The van der Waals surface area contributed by atoms with Crippen molar-refractivity contribution in [3.63, 3.8) is 0 Å². The largest absolute Gasteiger partial charge is 0.346 e. The second-order valence-corrected chi connectivity index (χ2v) is 14.9. The van der Waals surface area contributed by atoms with Crippen LogP contribution in [0.25, 0.3) is 22.1 Å². The zero-order chi connectivity index (χ0) is 39.0. The monoisotopic (exact) mass is 760 g/mol. The fourth-order valence-corrected chi connectivity index (χ4v) is 7.19. The maximum absolute atomic E-state index is 14.7. The molecule has 13 heteroatoms. The van der Waals surface area contributed by atoms with E-state index < -0.39 is 17.7 Å². The maximum atomic E-state index is 14.7. The van der Waals surface area contributed by atoms with Crippen molar-refractivity contribution in [2.75, 3.05) is 0 Å². The number of fused-ring (bicyclic) bond motifs is 2. The van der Waals surface area contributed by atoms with Crippen molar-refractivity contribution in [1.29, 1.82) is 0 Å². The first kappa shape index (κ1) is 36.0. The van der Waals surface area contributed by atoms with E-state index in [9.17, 15) is 13.6 Å². The van der Waals surface area contributed by atoms with Gasteiger partial charge in [0.05, 0.1) is 27.9 Å². The van der Waals surface area contributed by atoms with Crippen LogP contribution < -0.4 is 0 Å². The highest BCUT2D eigenvalue weighted by molar-refractivity contribution is 6.16. The van der Waals surface area contributed by atoms with Gasteiger partial charge in [0.15, 0.2) is 5.78 Å². The van der Waals surface area contributed by atoms with Crippen molar-refractivity contribution in [1.82, 2.24) is 49.8 Å². The van der Waals surface area contributed by atoms with Crippen LogP contribution >= 0.6 is 0 Å². The lowest BCUT2D eigenvalue weighted by atomic mass is 10.0. The number of carbonyl (C=O) groups excluding carboxylic acids is 1. The summed E-state index contributed by atoms with van der Waals surface area (Å²) in [5, 5.41) is 1.55. The number of rotatable bonds is 10. The average Bonchev–Trinajstić information content (AvgIpc) is 4.15. The molecule has 11 nitrogen and oxygen atoms in total. The number of H-pyrrole nitrogens is 2. The van der Waals surface area contributed by atoms with E-state index >= 15 is 0 Å². The van der Waals surface area contributed by atoms with Gasteiger partial charge in [0.1, 0.15) is 23.9 Å². The van der Waals surface area contributed by atoms with Crippen molar-refractivity contribution in [3.05, 3.63) is 165 Å². The first-order valence-electron chi connectivity index (χ1n) is 19.1. The van der Waals surface area contributed by atoms with Crippen LogP contribution in [0.3, 0.4) is 0 Å². The lowest BCUT2D eigenvalue weighted by Crippen LogP contribution is -2.08. The van der Waals surface area contributed by atoms with Crippen LogP contribution in [-0.4, -0.2) is 55.6 Å². The van der Waals surface area contributed by atoms with E-state index in [-0.39, 0.29) is 5.56 Å². The third kappa shape index (κ3) is 7.77. The van der Waals surface area contributed by atoms with Gasteiger partial charge in [-0.15, -0.1) is 0 Å². The lowest BCUT2D eigenvalue weighted by Gasteiger charge is -2.07. The van der Waals surface area contributed by atoms with Crippen LogP contribution in [0.15, 0.2) is 86.0 Å². The molecule has 0 saturated heterocycles. The first-order chi connectivity index (χ1) is 27.8. The van der Waals surface area contributed by atoms with Crippen LogP contribution in [0.5, 0.6) is 0 Å². The maximum Gasteiger partial charge on any atom is 0.224 e. The quantitative estimate of drug-likeness (QED) is 0.104. The van der Waals surface area contributed by atoms with Crippen LogP contribution in [0.1, 0.15) is 110 Å². The summed E-state index contributed by atoms with van der Waals surface area (Å²) in [5.41, 5.74) is 10.2. The first-order valence-corrected chi connectivity index (χ1v) is 19.1. The molecule has 0 radical (unpaired) electrons. The molecule has 0 atom stereocenters. The molecule has 57 heavy (non-hydrogen) atoms. The summed E-state index contributed by atoms with van der Waals surface area (Å²) in [7, 11) is 0. The second kappa shape index (κ2) is 15.1. The minimum absolute atomic E-state index is 0.0693. The Bertz CT molecular complexity index is 2750. The molecule has 8 aromatic rings. The Morgan fingerprint density at radius 3 is 1.72 bits per heavy atom. The molecular weight excluding hydrogens is 723 g/mol. The van der Waals surface area contributed by atoms with E-state index in [1.165, 1.54) is 50.6 Å². The number of ketones is 1. The molecule has 2 aliphatic carbocycles. The molecule has 8 heterocycles. The van der Waals surface area contributed by atoms with Crippen molar-refractivity contribution in [2.24, 2.45) is 0 Å². The van der Waals surface area contributed by atoms with Crippen LogP contribution in [0.4, 0.5) is 8.78 Å². The molecule has 10 rings (SSSR count). The van der Waals surface area contributed by atoms with Gasteiger partial charge in [0.25, 0.3) is 0 Å². The van der Waals surface area contributed by atoms with Gasteiger partial charge < -0.3 is 9.97 Å². The predicted octanol–water partition coefficient (Wildman–Crippen LogP) is 8.15. The number of aromatic amines is 2. The van der Waals surface area contributed by atoms with Gasteiger partial charge in [0, 0.05) is 89.6 Å². The Labute approximate surface area is 326 Å². The molecule has 0 unspecified atom stereocenters. The van der Waals surface area contributed by atoms with Crippen LogP contribution in [0.2, 0.25) is 0 Å². The number of pyridine rings is 4. The summed E-state index contributed by atoms with van der Waals surface area (Å²) < 4.78 is 29.3. The predicted molar refractivity (Wildman–Crippen MR) is 210 cm³/mol. The summed E-state index contributed by atoms with van der Waals surface area (Å²) in [6.07, 6.45) is 16.4. The van der Waals surface area contributed by atoms with E-state index in [1.54, 1.807) is 13.0 Å².